The molecule has 21 heteroatoms. The van der Waals surface area contributed by atoms with E-state index in [2.05, 4.69) is 26.5 Å². The Morgan fingerprint density at radius 3 is 1.43 bits per heavy atom. The normalized spacial score (nSPS) is 12.4. The molecule has 54 heavy (non-hydrogen) atoms. The topological polar surface area (TPSA) is 163 Å². The molecular formula is C33H24F6N4O7S4. The first-order chi connectivity index (χ1) is 25.3. The van der Waals surface area contributed by atoms with Crippen LogP contribution in [-0.4, -0.2) is 65.6 Å². The molecule has 4 aromatic heterocycles. The van der Waals surface area contributed by atoms with E-state index in [1.807, 2.05) is 0 Å². The van der Waals surface area contributed by atoms with Crippen LogP contribution in [0.15, 0.2) is 95.7 Å². The molecule has 2 aromatic carbocycles. The molecule has 0 aliphatic carbocycles. The van der Waals surface area contributed by atoms with E-state index in [4.69, 9.17) is 8.83 Å². The van der Waals surface area contributed by atoms with Crippen molar-refractivity contribution in [3.05, 3.63) is 78.6 Å². The highest BCUT2D eigenvalue weighted by Gasteiger charge is 2.31. The summed E-state index contributed by atoms with van der Waals surface area (Å²) >= 11 is -0.570. The van der Waals surface area contributed by atoms with Gasteiger partial charge in [0, 0.05) is 9.79 Å². The number of aromatic nitrogens is 4. The number of nitrogens with zero attached hydrogens (tertiary/aromatic N) is 4. The first-order valence-electron chi connectivity index (χ1n) is 15.1. The van der Waals surface area contributed by atoms with E-state index in [9.17, 15) is 48.0 Å². The summed E-state index contributed by atoms with van der Waals surface area (Å²) < 4.78 is 136. The number of halogens is 6. The molecule has 0 bridgehead atoms. The first-order valence-corrected chi connectivity index (χ1v) is 20.1. The Morgan fingerprint density at radius 1 is 0.648 bits per heavy atom. The Bertz CT molecular complexity index is 2430. The summed E-state index contributed by atoms with van der Waals surface area (Å²) in [6.07, 6.45) is 1.87. The third-order valence-corrected chi connectivity index (χ3v) is 12.1. The van der Waals surface area contributed by atoms with Gasteiger partial charge in [-0.1, -0.05) is 20.4 Å². The van der Waals surface area contributed by atoms with Crippen LogP contribution in [0.3, 0.4) is 0 Å². The van der Waals surface area contributed by atoms with Crippen molar-refractivity contribution in [3.8, 4) is 23.2 Å². The maximum Gasteiger partial charge on any atom is 0.446 e. The molecule has 0 unspecified atom stereocenters. The van der Waals surface area contributed by atoms with Crippen LogP contribution in [0, 0.1) is 0 Å². The third-order valence-electron chi connectivity index (χ3n) is 7.11. The van der Waals surface area contributed by atoms with Crippen molar-refractivity contribution in [2.24, 2.45) is 0 Å². The van der Waals surface area contributed by atoms with Crippen LogP contribution in [0.1, 0.15) is 30.0 Å². The summed E-state index contributed by atoms with van der Waals surface area (Å²) in [6, 6.07) is 12.9. The van der Waals surface area contributed by atoms with Crippen molar-refractivity contribution in [1.82, 2.24) is 19.9 Å². The highest BCUT2D eigenvalue weighted by Crippen LogP contribution is 2.40. The van der Waals surface area contributed by atoms with Crippen LogP contribution in [0.25, 0.3) is 51.4 Å². The molecule has 6 rings (SSSR count). The molecule has 4 heterocycles. The van der Waals surface area contributed by atoms with Crippen LogP contribution in [0.2, 0.25) is 0 Å². The number of thioether (sulfide) groups is 2. The molecule has 0 fully saturated rings. The van der Waals surface area contributed by atoms with Crippen molar-refractivity contribution < 1.29 is 56.8 Å². The van der Waals surface area contributed by atoms with Crippen molar-refractivity contribution in [1.29, 1.82) is 0 Å². The lowest BCUT2D eigenvalue weighted by Crippen LogP contribution is -2.08. The number of oxazole rings is 2. The number of fused-ring (bicyclic) bond motifs is 2. The van der Waals surface area contributed by atoms with Gasteiger partial charge < -0.3 is 8.83 Å². The summed E-state index contributed by atoms with van der Waals surface area (Å²) in [4.78, 5) is 27.0. The maximum atomic E-state index is 12.6. The Kier molecular flexibility index (Phi) is 11.7. The Labute approximate surface area is 311 Å². The molecule has 0 aliphatic rings. The number of hydrogen-bond acceptors (Lipinski definition) is 13. The standard InChI is InChI=1S/C17H13F3N2O3S2.C16H11F3N2O4S2/c1-3-10-5-8-14(27(23,24)4-2)15(21-10)16-22-12-9-11(26-17(18,19)20)6-7-13(12)25-16;1-2-27(23,24)13-6-3-9(8-22)20-14(13)15-21-11-7-10(26-16(17,18)19)4-5-12(11)25-15/h3,5-9H,1,4H2,2H3;3-8H,2H2,1H3. The minimum atomic E-state index is -4.46. The Morgan fingerprint density at radius 2 is 1.06 bits per heavy atom. The van der Waals surface area contributed by atoms with Gasteiger partial charge in [-0.2, -0.15) is 26.3 Å². The molecule has 11 nitrogen and oxygen atoms in total. The summed E-state index contributed by atoms with van der Waals surface area (Å²) in [6.45, 7) is 6.53. The van der Waals surface area contributed by atoms with Crippen LogP contribution in [0.5, 0.6) is 0 Å². The average molecular weight is 831 g/mol. The molecule has 0 spiro atoms. The van der Waals surface area contributed by atoms with Gasteiger partial charge in [-0.15, -0.1) is 0 Å². The quantitative estimate of drug-likeness (QED) is 0.0731. The molecule has 0 radical (unpaired) electrons. The van der Waals surface area contributed by atoms with Gasteiger partial charge in [0.15, 0.2) is 37.1 Å². The summed E-state index contributed by atoms with van der Waals surface area (Å²) in [7, 11) is -7.32. The van der Waals surface area contributed by atoms with Gasteiger partial charge in [0.25, 0.3) is 0 Å². The SMILES string of the molecule is C=Cc1ccc(S(=O)(=O)CC)c(-c2nc3cc(SC(F)(F)F)ccc3o2)n1.CCS(=O)(=O)c1ccc(C=O)nc1-c1nc2cc(SC(F)(F)F)ccc2o1. The number of benzene rings is 2. The minimum absolute atomic E-state index is 0.00419. The number of sulfone groups is 2. The lowest BCUT2D eigenvalue weighted by atomic mass is 10.3. The van der Waals surface area contributed by atoms with Crippen molar-refractivity contribution in [3.63, 3.8) is 0 Å². The minimum Gasteiger partial charge on any atom is -0.435 e. The van der Waals surface area contributed by atoms with Crippen LogP contribution in [0.4, 0.5) is 26.3 Å². The Hall–Kier alpha value is -4.73. The third kappa shape index (κ3) is 9.49. The fourth-order valence-corrected chi connectivity index (χ4v) is 7.81. The zero-order valence-electron chi connectivity index (χ0n) is 27.6. The van der Waals surface area contributed by atoms with Gasteiger partial charge in [-0.25, -0.2) is 36.8 Å². The maximum absolute atomic E-state index is 12.6. The summed E-state index contributed by atoms with van der Waals surface area (Å²) in [5, 5.41) is 0. The van der Waals surface area contributed by atoms with E-state index in [1.165, 1.54) is 80.6 Å². The van der Waals surface area contributed by atoms with E-state index in [0.29, 0.717) is 12.0 Å². The van der Waals surface area contributed by atoms with Gasteiger partial charge in [0.05, 0.1) is 27.0 Å². The molecule has 0 saturated heterocycles. The largest absolute Gasteiger partial charge is 0.446 e. The highest BCUT2D eigenvalue weighted by atomic mass is 32.2. The smallest absolute Gasteiger partial charge is 0.435 e. The number of carbonyl (C=O) groups is 1. The lowest BCUT2D eigenvalue weighted by molar-refractivity contribution is -0.0337. The average Bonchev–Trinajstić information content (AvgIpc) is 3.74. The van der Waals surface area contributed by atoms with Gasteiger partial charge in [-0.3, -0.25) is 4.79 Å². The molecular weight excluding hydrogens is 807 g/mol. The lowest BCUT2D eigenvalue weighted by Gasteiger charge is -2.06. The van der Waals surface area contributed by atoms with Crippen LogP contribution in [-0.2, 0) is 19.7 Å². The predicted octanol–water partition coefficient (Wildman–Crippen LogP) is 9.05. The number of carbonyl (C=O) groups excluding carboxylic acids is 1. The second-order valence-electron chi connectivity index (χ2n) is 10.7. The first kappa shape index (κ1) is 40.5. The number of rotatable bonds is 10. The molecule has 0 N–H and O–H groups in total. The van der Waals surface area contributed by atoms with Crippen molar-refractivity contribution >= 4 is 77.8 Å². The number of aldehydes is 1. The van der Waals surface area contributed by atoms with Gasteiger partial charge in [0.1, 0.15) is 28.1 Å². The van der Waals surface area contributed by atoms with Gasteiger partial charge in [0.2, 0.25) is 11.8 Å². The number of pyridine rings is 2. The Balaban J connectivity index is 0.000000208. The fourth-order valence-electron chi connectivity index (χ4n) is 4.63. The number of alkyl halides is 6. The van der Waals surface area contributed by atoms with Crippen LogP contribution >= 0.6 is 23.5 Å². The predicted molar refractivity (Wildman–Crippen MR) is 189 cm³/mol. The zero-order valence-corrected chi connectivity index (χ0v) is 30.9. The van der Waals surface area contributed by atoms with Gasteiger partial charge in [-0.05, 0) is 90.3 Å². The van der Waals surface area contributed by atoms with E-state index in [-0.39, 0.29) is 106 Å². The molecule has 284 valence electrons. The van der Waals surface area contributed by atoms with Crippen LogP contribution < -0.4 is 0 Å². The summed E-state index contributed by atoms with van der Waals surface area (Å²) in [5.74, 6) is -0.652. The second kappa shape index (κ2) is 15.6. The van der Waals surface area contributed by atoms with E-state index < -0.39 is 30.7 Å². The zero-order chi connectivity index (χ0) is 39.6. The van der Waals surface area contributed by atoms with E-state index in [0.717, 1.165) is 0 Å². The highest BCUT2D eigenvalue weighted by molar-refractivity contribution is 8.00. The van der Waals surface area contributed by atoms with Gasteiger partial charge >= 0.3 is 11.0 Å². The monoisotopic (exact) mass is 830 g/mol. The molecule has 0 aliphatic heterocycles. The molecule has 0 saturated carbocycles. The van der Waals surface area contributed by atoms with E-state index >= 15 is 0 Å². The summed E-state index contributed by atoms with van der Waals surface area (Å²) in [5.41, 5.74) is -8.01. The second-order valence-corrected chi connectivity index (χ2v) is 17.5. The molecule has 0 amide bonds. The van der Waals surface area contributed by atoms with Crippen molar-refractivity contribution in [2.75, 3.05) is 11.5 Å². The fraction of sp³-hybridized carbons (Fsp3) is 0.182. The van der Waals surface area contributed by atoms with E-state index in [1.54, 1.807) is 0 Å². The number of hydrogen-bond donors (Lipinski definition) is 0. The molecule has 0 atom stereocenters. The molecule has 6 aromatic rings. The van der Waals surface area contributed by atoms with Crippen molar-refractivity contribution in [2.45, 2.75) is 44.4 Å².